The topological polar surface area (TPSA) is 66.0 Å². The van der Waals surface area contributed by atoms with Crippen molar-refractivity contribution in [3.63, 3.8) is 0 Å². The highest BCUT2D eigenvalue weighted by atomic mass is 127. The Balaban J connectivity index is 0.00000320. The maximum Gasteiger partial charge on any atom is 0.225 e. The molecule has 168 valence electrons. The molecule has 30 heavy (non-hydrogen) atoms. The third-order valence-electron chi connectivity index (χ3n) is 5.85. The summed E-state index contributed by atoms with van der Waals surface area (Å²) in [7, 11) is 1.77. The van der Waals surface area contributed by atoms with Gasteiger partial charge in [-0.2, -0.15) is 0 Å². The Morgan fingerprint density at radius 2 is 2.03 bits per heavy atom. The fourth-order valence-electron chi connectivity index (χ4n) is 4.10. The lowest BCUT2D eigenvalue weighted by molar-refractivity contribution is -0.134. The summed E-state index contributed by atoms with van der Waals surface area (Å²) in [6, 6.07) is 7.75. The maximum atomic E-state index is 12.6. The number of carbonyl (C=O) groups excluding carboxylic acids is 1. The molecule has 2 aliphatic rings. The molecule has 2 fully saturated rings. The molecule has 1 saturated carbocycles. The minimum absolute atomic E-state index is 0. The number of guanidine groups is 1. The normalized spacial score (nSPS) is 20.6. The smallest absolute Gasteiger partial charge is 0.225 e. The van der Waals surface area contributed by atoms with Crippen LogP contribution in [0.2, 0.25) is 5.02 Å². The lowest BCUT2D eigenvalue weighted by Gasteiger charge is -2.23. The first-order valence-electron chi connectivity index (χ1n) is 10.8. The summed E-state index contributed by atoms with van der Waals surface area (Å²) in [5, 5.41) is 7.43. The summed E-state index contributed by atoms with van der Waals surface area (Å²) in [5.41, 5.74) is 0. The van der Waals surface area contributed by atoms with Crippen molar-refractivity contribution < 1.29 is 9.53 Å². The molecule has 1 heterocycles. The van der Waals surface area contributed by atoms with Crippen molar-refractivity contribution in [2.45, 2.75) is 57.6 Å². The molecule has 0 radical (unpaired) electrons. The molecule has 1 amide bonds. The number of para-hydroxylation sites is 1. The number of carbonyl (C=O) groups is 1. The van der Waals surface area contributed by atoms with E-state index in [1.807, 2.05) is 29.2 Å². The van der Waals surface area contributed by atoms with E-state index in [2.05, 4.69) is 22.5 Å². The minimum Gasteiger partial charge on any atom is -0.487 e. The molecule has 1 aliphatic carbocycles. The molecule has 0 spiro atoms. The summed E-state index contributed by atoms with van der Waals surface area (Å²) >= 11 is 6.20. The minimum atomic E-state index is -0.0162. The number of halogens is 2. The Hall–Kier alpha value is -1.22. The van der Waals surface area contributed by atoms with Gasteiger partial charge >= 0.3 is 0 Å². The van der Waals surface area contributed by atoms with Crippen LogP contribution in [-0.2, 0) is 4.79 Å². The average Bonchev–Trinajstić information content (AvgIpc) is 3.43. The Labute approximate surface area is 202 Å². The number of hydrogen-bond donors (Lipinski definition) is 2. The first-order chi connectivity index (χ1) is 14.1. The average molecular weight is 549 g/mol. The zero-order valence-electron chi connectivity index (χ0n) is 17.9. The van der Waals surface area contributed by atoms with Gasteiger partial charge in [-0.25, -0.2) is 0 Å². The molecular formula is C22H34ClIN4O2. The number of amides is 1. The van der Waals surface area contributed by atoms with Crippen molar-refractivity contribution in [3.05, 3.63) is 29.3 Å². The van der Waals surface area contributed by atoms with E-state index in [0.717, 1.165) is 44.7 Å². The van der Waals surface area contributed by atoms with Crippen molar-refractivity contribution >= 4 is 47.4 Å². The SMILES string of the molecule is CCC(CNC(=NC)NC1CCN(C(=O)C2CCCC2)C1)Oc1ccccc1Cl.I. The first kappa shape index (κ1) is 25.0. The predicted octanol–water partition coefficient (Wildman–Crippen LogP) is 4.07. The molecule has 2 unspecified atom stereocenters. The summed E-state index contributed by atoms with van der Waals surface area (Å²) < 4.78 is 6.03. The van der Waals surface area contributed by atoms with Crippen molar-refractivity contribution in [1.82, 2.24) is 15.5 Å². The van der Waals surface area contributed by atoms with Crippen LogP contribution in [0.15, 0.2) is 29.3 Å². The number of benzene rings is 1. The molecule has 1 saturated heterocycles. The van der Waals surface area contributed by atoms with Crippen molar-refractivity contribution in [1.29, 1.82) is 0 Å². The van der Waals surface area contributed by atoms with E-state index < -0.39 is 0 Å². The van der Waals surface area contributed by atoms with Crippen LogP contribution in [0, 0.1) is 5.92 Å². The van der Waals surface area contributed by atoms with E-state index in [0.29, 0.717) is 23.2 Å². The van der Waals surface area contributed by atoms with Crippen LogP contribution in [0.3, 0.4) is 0 Å². The van der Waals surface area contributed by atoms with Gasteiger partial charge < -0.3 is 20.3 Å². The lowest BCUT2D eigenvalue weighted by Crippen LogP contribution is -2.47. The zero-order valence-corrected chi connectivity index (χ0v) is 21.0. The Bertz CT molecular complexity index is 712. The summed E-state index contributed by atoms with van der Waals surface area (Å²) in [5.74, 6) is 2.03. The van der Waals surface area contributed by atoms with Gasteiger partial charge in [-0.15, -0.1) is 24.0 Å². The fourth-order valence-corrected chi connectivity index (χ4v) is 4.28. The van der Waals surface area contributed by atoms with E-state index in [1.54, 1.807) is 7.05 Å². The molecule has 3 rings (SSSR count). The van der Waals surface area contributed by atoms with E-state index in [4.69, 9.17) is 16.3 Å². The Morgan fingerprint density at radius 1 is 1.30 bits per heavy atom. The number of nitrogens with zero attached hydrogens (tertiary/aromatic N) is 2. The van der Waals surface area contributed by atoms with Crippen LogP contribution in [0.5, 0.6) is 5.75 Å². The van der Waals surface area contributed by atoms with Gasteiger partial charge in [-0.1, -0.05) is 43.5 Å². The highest BCUT2D eigenvalue weighted by molar-refractivity contribution is 14.0. The molecule has 2 N–H and O–H groups in total. The number of ether oxygens (including phenoxy) is 1. The second kappa shape index (κ2) is 12.6. The van der Waals surface area contributed by atoms with Gasteiger partial charge in [0.15, 0.2) is 5.96 Å². The van der Waals surface area contributed by atoms with Crippen molar-refractivity contribution in [3.8, 4) is 5.75 Å². The van der Waals surface area contributed by atoms with Gasteiger partial charge in [0.25, 0.3) is 0 Å². The molecule has 2 atom stereocenters. The van der Waals surface area contributed by atoms with E-state index in [1.165, 1.54) is 12.8 Å². The molecule has 0 bridgehead atoms. The number of aliphatic imine (C=N–C) groups is 1. The van der Waals surface area contributed by atoms with E-state index >= 15 is 0 Å². The van der Waals surface area contributed by atoms with Gasteiger partial charge in [-0.3, -0.25) is 9.79 Å². The van der Waals surface area contributed by atoms with Crippen LogP contribution in [0.4, 0.5) is 0 Å². The number of rotatable bonds is 7. The van der Waals surface area contributed by atoms with Gasteiger partial charge in [0.1, 0.15) is 11.9 Å². The fraction of sp³-hybridized carbons (Fsp3) is 0.636. The van der Waals surface area contributed by atoms with E-state index in [-0.39, 0.29) is 42.0 Å². The lowest BCUT2D eigenvalue weighted by atomic mass is 10.1. The summed E-state index contributed by atoms with van der Waals surface area (Å²) in [6.45, 7) is 4.29. The van der Waals surface area contributed by atoms with Crippen LogP contribution >= 0.6 is 35.6 Å². The number of likely N-dealkylation sites (tertiary alicyclic amines) is 1. The molecule has 1 aromatic rings. The summed E-state index contributed by atoms with van der Waals surface area (Å²) in [6.07, 6.45) is 6.28. The molecule has 0 aromatic heterocycles. The largest absolute Gasteiger partial charge is 0.487 e. The molecule has 1 aromatic carbocycles. The van der Waals surface area contributed by atoms with Gasteiger partial charge in [-0.05, 0) is 37.8 Å². The van der Waals surface area contributed by atoms with Crippen LogP contribution in [0.25, 0.3) is 0 Å². The zero-order chi connectivity index (χ0) is 20.6. The third-order valence-corrected chi connectivity index (χ3v) is 6.16. The second-order valence-electron chi connectivity index (χ2n) is 7.93. The second-order valence-corrected chi connectivity index (χ2v) is 8.33. The quantitative estimate of drug-likeness (QED) is 0.306. The molecular weight excluding hydrogens is 515 g/mol. The molecule has 1 aliphatic heterocycles. The van der Waals surface area contributed by atoms with Gasteiger partial charge in [0, 0.05) is 32.1 Å². The van der Waals surface area contributed by atoms with Crippen molar-refractivity contribution in [2.75, 3.05) is 26.7 Å². The highest BCUT2D eigenvalue weighted by Gasteiger charge is 2.32. The molecule has 8 heteroatoms. The Morgan fingerprint density at radius 3 is 2.70 bits per heavy atom. The predicted molar refractivity (Wildman–Crippen MR) is 133 cm³/mol. The monoisotopic (exact) mass is 548 g/mol. The van der Waals surface area contributed by atoms with Gasteiger partial charge in [0.05, 0.1) is 11.6 Å². The molecule has 6 nitrogen and oxygen atoms in total. The van der Waals surface area contributed by atoms with E-state index in [9.17, 15) is 4.79 Å². The van der Waals surface area contributed by atoms with Crippen LogP contribution in [0.1, 0.15) is 45.4 Å². The summed E-state index contributed by atoms with van der Waals surface area (Å²) in [4.78, 5) is 19.0. The van der Waals surface area contributed by atoms with Crippen LogP contribution < -0.4 is 15.4 Å². The van der Waals surface area contributed by atoms with Crippen LogP contribution in [-0.4, -0.2) is 55.6 Å². The maximum absolute atomic E-state index is 12.6. The van der Waals surface area contributed by atoms with Gasteiger partial charge in [0.2, 0.25) is 5.91 Å². The third kappa shape index (κ3) is 6.90. The number of hydrogen-bond acceptors (Lipinski definition) is 3. The van der Waals surface area contributed by atoms with Crippen molar-refractivity contribution in [2.24, 2.45) is 10.9 Å². The Kier molecular flexibility index (Phi) is 10.5. The standard InChI is InChI=1S/C22H33ClN4O2.HI/c1-3-18(29-20-11-7-6-10-19(20)23)14-25-22(24-2)26-17-12-13-27(15-17)21(28)16-8-4-5-9-16;/h6-7,10-11,16-18H,3-5,8-9,12-15H2,1-2H3,(H2,24,25,26);1H. The number of nitrogens with one attached hydrogen (secondary N) is 2. The first-order valence-corrected chi connectivity index (χ1v) is 11.2. The highest BCUT2D eigenvalue weighted by Crippen LogP contribution is 2.28.